The van der Waals surface area contributed by atoms with Gasteiger partial charge in [-0.3, -0.25) is 4.18 Å². The van der Waals surface area contributed by atoms with Crippen molar-refractivity contribution in [1.82, 2.24) is 0 Å². The van der Waals surface area contributed by atoms with Crippen molar-refractivity contribution in [2.75, 3.05) is 6.61 Å². The van der Waals surface area contributed by atoms with E-state index >= 15 is 0 Å². The van der Waals surface area contributed by atoms with Gasteiger partial charge < -0.3 is 25.2 Å². The number of ether oxygens (including phenoxy) is 1. The van der Waals surface area contributed by atoms with Crippen molar-refractivity contribution in [1.29, 1.82) is 0 Å². The van der Waals surface area contributed by atoms with Gasteiger partial charge in [-0.25, -0.2) is 0 Å². The molecule has 1 aromatic carbocycles. The molecule has 5 atom stereocenters. The first-order valence-corrected chi connectivity index (χ1v) is 7.97. The Labute approximate surface area is 127 Å². The molecule has 0 aliphatic carbocycles. The molecule has 0 amide bonds. The predicted molar refractivity (Wildman–Crippen MR) is 73.2 cm³/mol. The lowest BCUT2D eigenvalue weighted by Gasteiger charge is -2.39. The maximum Gasteiger partial charge on any atom is 0.297 e. The SMILES string of the molecule is Cc1ccc(S(=O)(=O)O[C@H]2[C@H](O)[C@H](O)[C@H](CO)O[C@@H]2O)cc1. The van der Waals surface area contributed by atoms with Crippen LogP contribution in [0.25, 0.3) is 0 Å². The number of rotatable bonds is 4. The molecule has 0 unspecified atom stereocenters. The smallest absolute Gasteiger partial charge is 0.297 e. The number of aliphatic hydroxyl groups excluding tert-OH is 4. The van der Waals surface area contributed by atoms with Crippen LogP contribution in [0.3, 0.4) is 0 Å². The number of aryl methyl sites for hydroxylation is 1. The summed E-state index contributed by atoms with van der Waals surface area (Å²) in [5, 5.41) is 38.3. The molecule has 0 saturated carbocycles. The molecule has 1 fully saturated rings. The van der Waals surface area contributed by atoms with Crippen LogP contribution < -0.4 is 0 Å². The summed E-state index contributed by atoms with van der Waals surface area (Å²) in [6.07, 6.45) is -8.07. The van der Waals surface area contributed by atoms with Crippen molar-refractivity contribution in [3.63, 3.8) is 0 Å². The van der Waals surface area contributed by atoms with E-state index < -0.39 is 47.4 Å². The molecular weight excluding hydrogens is 316 g/mol. The highest BCUT2D eigenvalue weighted by atomic mass is 32.2. The second-order valence-electron chi connectivity index (χ2n) is 5.06. The van der Waals surface area contributed by atoms with Crippen molar-refractivity contribution in [2.45, 2.75) is 42.5 Å². The van der Waals surface area contributed by atoms with E-state index in [1.807, 2.05) is 0 Å². The van der Waals surface area contributed by atoms with Crippen LogP contribution in [0.2, 0.25) is 0 Å². The van der Waals surface area contributed by atoms with Gasteiger partial charge in [-0.2, -0.15) is 8.42 Å². The first-order chi connectivity index (χ1) is 10.3. The van der Waals surface area contributed by atoms with Gasteiger partial charge in [0.1, 0.15) is 18.3 Å². The number of benzene rings is 1. The fourth-order valence-electron chi connectivity index (χ4n) is 2.08. The summed E-state index contributed by atoms with van der Waals surface area (Å²) in [7, 11) is -4.26. The van der Waals surface area contributed by atoms with Crippen LogP contribution in [0.1, 0.15) is 5.56 Å². The van der Waals surface area contributed by atoms with Gasteiger partial charge in [-0.05, 0) is 19.1 Å². The fourth-order valence-corrected chi connectivity index (χ4v) is 3.16. The Kier molecular flexibility index (Phi) is 5.17. The average Bonchev–Trinajstić information content (AvgIpc) is 2.48. The van der Waals surface area contributed by atoms with Crippen LogP contribution in [0, 0.1) is 6.92 Å². The molecule has 124 valence electrons. The highest BCUT2D eigenvalue weighted by Crippen LogP contribution is 2.25. The van der Waals surface area contributed by atoms with E-state index in [-0.39, 0.29) is 4.90 Å². The van der Waals surface area contributed by atoms with Gasteiger partial charge in [0.05, 0.1) is 11.5 Å². The Morgan fingerprint density at radius 3 is 2.27 bits per heavy atom. The Balaban J connectivity index is 2.20. The Hall–Kier alpha value is -1.07. The summed E-state index contributed by atoms with van der Waals surface area (Å²) in [6, 6.07) is 5.77. The van der Waals surface area contributed by atoms with Gasteiger partial charge in [-0.15, -0.1) is 0 Å². The minimum Gasteiger partial charge on any atom is -0.394 e. The fraction of sp³-hybridized carbons (Fsp3) is 0.538. The standard InChI is InChI=1S/C13H18O8S/c1-7-2-4-8(5-3-7)22(18,19)21-12-11(16)10(15)9(6-14)20-13(12)17/h2-5,9-17H,6H2,1H3/t9-,10+,11+,12-,13-/m0/s1. The molecule has 1 aliphatic heterocycles. The van der Waals surface area contributed by atoms with Gasteiger partial charge in [0.15, 0.2) is 12.4 Å². The molecule has 1 aliphatic rings. The average molecular weight is 334 g/mol. The third kappa shape index (κ3) is 3.46. The van der Waals surface area contributed by atoms with Crippen molar-refractivity contribution < 1.29 is 37.8 Å². The first kappa shape index (κ1) is 17.3. The van der Waals surface area contributed by atoms with Gasteiger partial charge >= 0.3 is 0 Å². The second kappa shape index (κ2) is 6.59. The van der Waals surface area contributed by atoms with Crippen LogP contribution in [0.5, 0.6) is 0 Å². The third-order valence-corrected chi connectivity index (χ3v) is 4.72. The number of hydrogen-bond donors (Lipinski definition) is 4. The topological polar surface area (TPSA) is 134 Å². The van der Waals surface area contributed by atoms with Crippen molar-refractivity contribution in [2.24, 2.45) is 0 Å². The van der Waals surface area contributed by atoms with E-state index in [0.717, 1.165) is 5.56 Å². The zero-order valence-electron chi connectivity index (χ0n) is 11.7. The number of aliphatic hydroxyl groups is 4. The minimum absolute atomic E-state index is 0.156. The Morgan fingerprint density at radius 1 is 1.14 bits per heavy atom. The maximum atomic E-state index is 12.1. The zero-order valence-corrected chi connectivity index (χ0v) is 12.5. The summed E-state index contributed by atoms with van der Waals surface area (Å²) in [5.41, 5.74) is 0.848. The highest BCUT2D eigenvalue weighted by molar-refractivity contribution is 7.86. The lowest BCUT2D eigenvalue weighted by Crippen LogP contribution is -2.59. The second-order valence-corrected chi connectivity index (χ2v) is 6.63. The molecule has 1 aromatic rings. The maximum absolute atomic E-state index is 12.1. The monoisotopic (exact) mass is 334 g/mol. The lowest BCUT2D eigenvalue weighted by atomic mass is 9.99. The molecule has 0 bridgehead atoms. The van der Waals surface area contributed by atoms with E-state index in [2.05, 4.69) is 0 Å². The molecular formula is C13H18O8S. The molecule has 0 spiro atoms. The summed E-state index contributed by atoms with van der Waals surface area (Å²) in [4.78, 5) is -0.156. The highest BCUT2D eigenvalue weighted by Gasteiger charge is 2.46. The van der Waals surface area contributed by atoms with Crippen LogP contribution in [0.15, 0.2) is 29.2 Å². The largest absolute Gasteiger partial charge is 0.394 e. The lowest BCUT2D eigenvalue weighted by molar-refractivity contribution is -0.279. The summed E-state index contributed by atoms with van der Waals surface area (Å²) < 4.78 is 33.9. The molecule has 9 heteroatoms. The van der Waals surface area contributed by atoms with Gasteiger partial charge in [0.25, 0.3) is 10.1 Å². The Morgan fingerprint density at radius 2 is 1.73 bits per heavy atom. The predicted octanol–water partition coefficient (Wildman–Crippen LogP) is -1.50. The molecule has 0 aromatic heterocycles. The molecule has 4 N–H and O–H groups in total. The molecule has 1 saturated heterocycles. The van der Waals surface area contributed by atoms with E-state index in [1.165, 1.54) is 12.1 Å². The summed E-state index contributed by atoms with van der Waals surface area (Å²) in [6.45, 7) is 1.14. The van der Waals surface area contributed by atoms with E-state index in [1.54, 1.807) is 19.1 Å². The van der Waals surface area contributed by atoms with Gasteiger partial charge in [0.2, 0.25) is 0 Å². The molecule has 8 nitrogen and oxygen atoms in total. The summed E-state index contributed by atoms with van der Waals surface area (Å²) >= 11 is 0. The third-order valence-electron chi connectivity index (χ3n) is 3.39. The Bertz CT molecular complexity index is 599. The first-order valence-electron chi connectivity index (χ1n) is 6.57. The molecule has 1 heterocycles. The molecule has 2 rings (SSSR count). The van der Waals surface area contributed by atoms with E-state index in [9.17, 15) is 23.7 Å². The normalized spacial score (nSPS) is 32.9. The van der Waals surface area contributed by atoms with E-state index in [0.29, 0.717) is 0 Å². The van der Waals surface area contributed by atoms with Crippen LogP contribution in [-0.4, -0.2) is 66.2 Å². The van der Waals surface area contributed by atoms with Crippen LogP contribution in [-0.2, 0) is 19.0 Å². The van der Waals surface area contributed by atoms with E-state index in [4.69, 9.17) is 14.0 Å². The van der Waals surface area contributed by atoms with Crippen molar-refractivity contribution >= 4 is 10.1 Å². The van der Waals surface area contributed by atoms with Crippen LogP contribution in [0.4, 0.5) is 0 Å². The van der Waals surface area contributed by atoms with Crippen molar-refractivity contribution in [3.05, 3.63) is 29.8 Å². The van der Waals surface area contributed by atoms with Crippen LogP contribution >= 0.6 is 0 Å². The van der Waals surface area contributed by atoms with Gasteiger partial charge in [0, 0.05) is 0 Å². The zero-order chi connectivity index (χ0) is 16.5. The van der Waals surface area contributed by atoms with Crippen molar-refractivity contribution in [3.8, 4) is 0 Å². The minimum atomic E-state index is -4.26. The summed E-state index contributed by atoms with van der Waals surface area (Å²) in [5.74, 6) is 0. The quantitative estimate of drug-likeness (QED) is 0.489. The van der Waals surface area contributed by atoms with Gasteiger partial charge in [-0.1, -0.05) is 17.7 Å². The number of hydrogen-bond acceptors (Lipinski definition) is 8. The molecule has 22 heavy (non-hydrogen) atoms. The molecule has 0 radical (unpaired) electrons.